The molecule has 1 amide bonds. The van der Waals surface area contributed by atoms with E-state index in [-0.39, 0.29) is 18.2 Å². The van der Waals surface area contributed by atoms with Crippen molar-refractivity contribution in [3.05, 3.63) is 47.5 Å². The smallest absolute Gasteiger partial charge is 0.251 e. The lowest BCUT2D eigenvalue weighted by Crippen LogP contribution is -2.30. The Labute approximate surface area is 105 Å². The second kappa shape index (κ2) is 5.40. The average molecular weight is 242 g/mol. The van der Waals surface area contributed by atoms with E-state index in [1.54, 1.807) is 12.1 Å². The number of amides is 1. The van der Waals surface area contributed by atoms with Gasteiger partial charge in [0, 0.05) is 5.56 Å². The molecule has 0 aliphatic carbocycles. The quantitative estimate of drug-likeness (QED) is 0.868. The third-order valence-electron chi connectivity index (χ3n) is 2.72. The highest BCUT2D eigenvalue weighted by molar-refractivity contribution is 6.08. The zero-order valence-electron chi connectivity index (χ0n) is 10.1. The van der Waals surface area contributed by atoms with E-state index < -0.39 is 0 Å². The van der Waals surface area contributed by atoms with Crippen LogP contribution < -0.4 is 5.32 Å². The van der Waals surface area contributed by atoms with Crippen LogP contribution in [-0.4, -0.2) is 30.5 Å². The van der Waals surface area contributed by atoms with Gasteiger partial charge >= 0.3 is 0 Å². The molecule has 1 aliphatic heterocycles. The van der Waals surface area contributed by atoms with E-state index in [0.29, 0.717) is 12.1 Å². The van der Waals surface area contributed by atoms with Crippen LogP contribution in [0.25, 0.3) is 0 Å². The first kappa shape index (κ1) is 12.2. The molecule has 0 bridgehead atoms. The number of carbonyl (C=O) groups is 2. The molecule has 0 unspecified atom stereocenters. The zero-order chi connectivity index (χ0) is 13.0. The second-order valence-electron chi connectivity index (χ2n) is 4.10. The molecule has 0 saturated heterocycles. The SMILES string of the molecule is Cc1ccccc1C(=O)NCC1=NCC(=O)C=C1. The van der Waals surface area contributed by atoms with Crippen molar-refractivity contribution in [1.82, 2.24) is 5.32 Å². The number of ketones is 1. The Morgan fingerprint density at radius 1 is 1.33 bits per heavy atom. The third-order valence-corrected chi connectivity index (χ3v) is 2.72. The van der Waals surface area contributed by atoms with Crippen molar-refractivity contribution in [2.75, 3.05) is 13.1 Å². The number of nitrogens with zero attached hydrogens (tertiary/aromatic N) is 1. The number of hydrogen-bond acceptors (Lipinski definition) is 3. The van der Waals surface area contributed by atoms with Crippen LogP contribution in [0.5, 0.6) is 0 Å². The lowest BCUT2D eigenvalue weighted by Gasteiger charge is -2.09. The van der Waals surface area contributed by atoms with Gasteiger partial charge in [-0.3, -0.25) is 14.6 Å². The zero-order valence-corrected chi connectivity index (χ0v) is 10.1. The molecule has 92 valence electrons. The van der Waals surface area contributed by atoms with Crippen LogP contribution in [0.1, 0.15) is 15.9 Å². The first-order chi connectivity index (χ1) is 8.66. The molecular formula is C14H14N2O2. The number of carbonyl (C=O) groups excluding carboxylic acids is 2. The van der Waals surface area contributed by atoms with Crippen LogP contribution in [0.4, 0.5) is 0 Å². The van der Waals surface area contributed by atoms with E-state index in [4.69, 9.17) is 0 Å². The fourth-order valence-electron chi connectivity index (χ4n) is 1.68. The van der Waals surface area contributed by atoms with Gasteiger partial charge in [0.1, 0.15) is 6.54 Å². The van der Waals surface area contributed by atoms with Crippen LogP contribution in [0.15, 0.2) is 41.4 Å². The summed E-state index contributed by atoms with van der Waals surface area (Å²) in [6.45, 7) is 2.41. The first-order valence-corrected chi connectivity index (χ1v) is 5.75. The van der Waals surface area contributed by atoms with Crippen molar-refractivity contribution in [3.8, 4) is 0 Å². The summed E-state index contributed by atoms with van der Waals surface area (Å²) in [4.78, 5) is 26.9. The van der Waals surface area contributed by atoms with Gasteiger partial charge in [-0.05, 0) is 30.7 Å². The molecule has 0 spiro atoms. The Hall–Kier alpha value is -2.23. The maximum atomic E-state index is 11.9. The molecule has 4 nitrogen and oxygen atoms in total. The standard InChI is InChI=1S/C14H14N2O2/c1-10-4-2-3-5-13(10)14(18)16-8-11-6-7-12(17)9-15-11/h2-7H,8-9H2,1H3,(H,16,18). The number of dihydropyridines is 1. The van der Waals surface area contributed by atoms with Crippen molar-refractivity contribution < 1.29 is 9.59 Å². The topological polar surface area (TPSA) is 58.5 Å². The third kappa shape index (κ3) is 2.91. The van der Waals surface area contributed by atoms with Crippen LogP contribution in [0.2, 0.25) is 0 Å². The van der Waals surface area contributed by atoms with Crippen molar-refractivity contribution in [3.63, 3.8) is 0 Å². The molecule has 0 aromatic heterocycles. The van der Waals surface area contributed by atoms with E-state index in [1.807, 2.05) is 25.1 Å². The predicted octanol–water partition coefficient (Wildman–Crippen LogP) is 1.30. The Morgan fingerprint density at radius 2 is 2.11 bits per heavy atom. The molecule has 0 saturated carbocycles. The van der Waals surface area contributed by atoms with Crippen molar-refractivity contribution in [1.29, 1.82) is 0 Å². The maximum absolute atomic E-state index is 11.9. The molecule has 1 heterocycles. The molecule has 18 heavy (non-hydrogen) atoms. The van der Waals surface area contributed by atoms with Crippen LogP contribution in [0.3, 0.4) is 0 Å². The monoisotopic (exact) mass is 242 g/mol. The fourth-order valence-corrected chi connectivity index (χ4v) is 1.68. The molecule has 1 aliphatic rings. The van der Waals surface area contributed by atoms with Gasteiger partial charge in [-0.25, -0.2) is 0 Å². The summed E-state index contributed by atoms with van der Waals surface area (Å²) in [6, 6.07) is 7.41. The number of aryl methyl sites for hydroxylation is 1. The summed E-state index contributed by atoms with van der Waals surface area (Å²) in [5, 5.41) is 2.79. The molecule has 0 atom stereocenters. The molecular weight excluding hydrogens is 228 g/mol. The first-order valence-electron chi connectivity index (χ1n) is 5.75. The number of nitrogens with one attached hydrogen (secondary N) is 1. The second-order valence-corrected chi connectivity index (χ2v) is 4.10. The van der Waals surface area contributed by atoms with Crippen LogP contribution >= 0.6 is 0 Å². The van der Waals surface area contributed by atoms with E-state index in [9.17, 15) is 9.59 Å². The van der Waals surface area contributed by atoms with Gasteiger partial charge in [0.15, 0.2) is 5.78 Å². The summed E-state index contributed by atoms with van der Waals surface area (Å²) in [6.07, 6.45) is 3.13. The number of hydrogen-bond donors (Lipinski definition) is 1. The van der Waals surface area contributed by atoms with Gasteiger partial charge in [0.2, 0.25) is 0 Å². The minimum Gasteiger partial charge on any atom is -0.346 e. The summed E-state index contributed by atoms with van der Waals surface area (Å²) >= 11 is 0. The molecule has 1 aromatic rings. The Morgan fingerprint density at radius 3 is 2.78 bits per heavy atom. The van der Waals surface area contributed by atoms with E-state index in [0.717, 1.165) is 11.3 Å². The number of rotatable bonds is 3. The van der Waals surface area contributed by atoms with E-state index >= 15 is 0 Å². The molecule has 1 aromatic carbocycles. The molecule has 2 rings (SSSR count). The van der Waals surface area contributed by atoms with Gasteiger partial charge in [-0.1, -0.05) is 18.2 Å². The lowest BCUT2D eigenvalue weighted by atomic mass is 10.1. The summed E-state index contributed by atoms with van der Waals surface area (Å²) in [7, 11) is 0. The highest BCUT2D eigenvalue weighted by Crippen LogP contribution is 2.06. The van der Waals surface area contributed by atoms with E-state index in [1.165, 1.54) is 6.08 Å². The van der Waals surface area contributed by atoms with Gasteiger partial charge in [-0.15, -0.1) is 0 Å². The number of aliphatic imine (C=N–C) groups is 1. The minimum atomic E-state index is -0.124. The fraction of sp³-hybridized carbons (Fsp3) is 0.214. The highest BCUT2D eigenvalue weighted by atomic mass is 16.1. The molecule has 0 radical (unpaired) electrons. The Bertz CT molecular complexity index is 544. The van der Waals surface area contributed by atoms with Crippen molar-refractivity contribution in [2.45, 2.75) is 6.92 Å². The van der Waals surface area contributed by atoms with Crippen LogP contribution in [0, 0.1) is 6.92 Å². The highest BCUT2D eigenvalue weighted by Gasteiger charge is 2.09. The number of benzene rings is 1. The summed E-state index contributed by atoms with van der Waals surface area (Å²) in [5.74, 6) is -0.134. The van der Waals surface area contributed by atoms with Crippen LogP contribution in [-0.2, 0) is 4.79 Å². The average Bonchev–Trinajstić information content (AvgIpc) is 2.38. The van der Waals surface area contributed by atoms with Crippen molar-refractivity contribution >= 4 is 17.4 Å². The normalized spacial score (nSPS) is 14.3. The molecule has 0 fully saturated rings. The largest absolute Gasteiger partial charge is 0.346 e. The lowest BCUT2D eigenvalue weighted by molar-refractivity contribution is -0.113. The van der Waals surface area contributed by atoms with Gasteiger partial charge in [0.25, 0.3) is 5.91 Å². The van der Waals surface area contributed by atoms with Crippen molar-refractivity contribution in [2.24, 2.45) is 4.99 Å². The molecule has 1 N–H and O–H groups in total. The van der Waals surface area contributed by atoms with Gasteiger partial charge in [0.05, 0.1) is 12.3 Å². The Kier molecular flexibility index (Phi) is 3.67. The molecule has 4 heteroatoms. The van der Waals surface area contributed by atoms with Gasteiger partial charge in [-0.2, -0.15) is 0 Å². The predicted molar refractivity (Wildman–Crippen MR) is 70.0 cm³/mol. The maximum Gasteiger partial charge on any atom is 0.251 e. The van der Waals surface area contributed by atoms with Gasteiger partial charge < -0.3 is 5.32 Å². The Balaban J connectivity index is 1.96. The van der Waals surface area contributed by atoms with E-state index in [2.05, 4.69) is 10.3 Å². The minimum absolute atomic E-state index is 0.0102. The summed E-state index contributed by atoms with van der Waals surface area (Å²) < 4.78 is 0. The summed E-state index contributed by atoms with van der Waals surface area (Å²) in [5.41, 5.74) is 2.32.